The third-order valence-electron chi connectivity index (χ3n) is 3.85. The van der Waals surface area contributed by atoms with Crippen LogP contribution in [0.5, 0.6) is 0 Å². The number of fused-ring (bicyclic) bond motifs is 1. The SMILES string of the molecule is CCOC(=O)Nc1ccc2c(COC(=O)C3=NNC(=O)CC3)cc(=O)oc2c1. The number of hydrogen-bond acceptors (Lipinski definition) is 8. The molecular formula is C18H17N3O7. The van der Waals surface area contributed by atoms with E-state index < -0.39 is 17.7 Å². The smallest absolute Gasteiger partial charge is 0.411 e. The summed E-state index contributed by atoms with van der Waals surface area (Å²) in [5.74, 6) is -0.947. The lowest BCUT2D eigenvalue weighted by Crippen LogP contribution is -2.30. The van der Waals surface area contributed by atoms with Crippen LogP contribution >= 0.6 is 0 Å². The van der Waals surface area contributed by atoms with E-state index in [1.165, 1.54) is 12.1 Å². The van der Waals surface area contributed by atoms with Gasteiger partial charge >= 0.3 is 17.7 Å². The summed E-state index contributed by atoms with van der Waals surface area (Å²) < 4.78 is 15.2. The highest BCUT2D eigenvalue weighted by atomic mass is 16.5. The number of benzene rings is 1. The maximum Gasteiger partial charge on any atom is 0.411 e. The van der Waals surface area contributed by atoms with Gasteiger partial charge in [-0.3, -0.25) is 10.1 Å². The number of nitrogens with zero attached hydrogens (tertiary/aromatic N) is 1. The van der Waals surface area contributed by atoms with Crippen molar-refractivity contribution in [1.82, 2.24) is 5.43 Å². The van der Waals surface area contributed by atoms with Gasteiger partial charge in [0.25, 0.3) is 0 Å². The van der Waals surface area contributed by atoms with E-state index in [-0.39, 0.29) is 43.3 Å². The van der Waals surface area contributed by atoms with Crippen LogP contribution in [0.2, 0.25) is 0 Å². The van der Waals surface area contributed by atoms with Gasteiger partial charge in [0.1, 0.15) is 17.9 Å². The molecule has 0 atom stereocenters. The van der Waals surface area contributed by atoms with Gasteiger partial charge in [-0.05, 0) is 19.1 Å². The van der Waals surface area contributed by atoms with Crippen molar-refractivity contribution in [3.8, 4) is 0 Å². The van der Waals surface area contributed by atoms with Gasteiger partial charge in [-0.15, -0.1) is 0 Å². The third-order valence-corrected chi connectivity index (χ3v) is 3.85. The predicted octanol–water partition coefficient (Wildman–Crippen LogP) is 1.67. The molecule has 1 aromatic carbocycles. The molecular weight excluding hydrogens is 370 g/mol. The van der Waals surface area contributed by atoms with E-state index >= 15 is 0 Å². The molecule has 1 aliphatic rings. The highest BCUT2D eigenvalue weighted by Crippen LogP contribution is 2.22. The number of ether oxygens (including phenoxy) is 2. The normalized spacial score (nSPS) is 13.5. The van der Waals surface area contributed by atoms with Gasteiger partial charge in [0.15, 0.2) is 0 Å². The second kappa shape index (κ2) is 8.33. The molecule has 0 unspecified atom stereocenters. The fourth-order valence-corrected chi connectivity index (χ4v) is 2.56. The van der Waals surface area contributed by atoms with E-state index in [0.717, 1.165) is 0 Å². The Morgan fingerprint density at radius 3 is 2.75 bits per heavy atom. The molecule has 0 radical (unpaired) electrons. The summed E-state index contributed by atoms with van der Waals surface area (Å²) in [5.41, 5.74) is 2.73. The van der Waals surface area contributed by atoms with Gasteiger partial charge in [0.05, 0.1) is 6.61 Å². The largest absolute Gasteiger partial charge is 0.456 e. The summed E-state index contributed by atoms with van der Waals surface area (Å²) in [6.07, 6.45) is -0.289. The maximum atomic E-state index is 12.1. The number of esters is 1. The maximum absolute atomic E-state index is 12.1. The molecule has 1 aromatic heterocycles. The number of anilines is 1. The van der Waals surface area contributed by atoms with Gasteiger partial charge < -0.3 is 13.9 Å². The molecule has 2 heterocycles. The first-order valence-corrected chi connectivity index (χ1v) is 8.49. The Labute approximate surface area is 158 Å². The number of amides is 2. The quantitative estimate of drug-likeness (QED) is 0.588. The summed E-state index contributed by atoms with van der Waals surface area (Å²) in [4.78, 5) is 46.5. The number of carbonyl (C=O) groups excluding carboxylic acids is 3. The predicted molar refractivity (Wildman–Crippen MR) is 97.7 cm³/mol. The van der Waals surface area contributed by atoms with E-state index in [0.29, 0.717) is 16.6 Å². The average Bonchev–Trinajstić information content (AvgIpc) is 2.66. The monoisotopic (exact) mass is 387 g/mol. The minimum absolute atomic E-state index is 0.104. The van der Waals surface area contributed by atoms with Crippen LogP contribution in [-0.2, 0) is 25.7 Å². The Balaban J connectivity index is 1.77. The molecule has 10 heteroatoms. The van der Waals surface area contributed by atoms with E-state index in [9.17, 15) is 19.2 Å². The van der Waals surface area contributed by atoms with Gasteiger partial charge in [-0.2, -0.15) is 5.10 Å². The van der Waals surface area contributed by atoms with Crippen molar-refractivity contribution < 1.29 is 28.3 Å². The van der Waals surface area contributed by atoms with Crippen LogP contribution in [0, 0.1) is 0 Å². The van der Waals surface area contributed by atoms with E-state index in [4.69, 9.17) is 13.9 Å². The molecule has 0 fully saturated rings. The zero-order chi connectivity index (χ0) is 20.1. The molecule has 146 valence electrons. The van der Waals surface area contributed by atoms with Crippen LogP contribution in [0.1, 0.15) is 25.3 Å². The lowest BCUT2D eigenvalue weighted by molar-refractivity contribution is -0.137. The van der Waals surface area contributed by atoms with Crippen LogP contribution in [0.25, 0.3) is 11.0 Å². The highest BCUT2D eigenvalue weighted by molar-refractivity contribution is 6.37. The fraction of sp³-hybridized carbons (Fsp3) is 0.278. The first-order valence-electron chi connectivity index (χ1n) is 8.49. The van der Waals surface area contributed by atoms with Gasteiger partial charge in [-0.1, -0.05) is 0 Å². The van der Waals surface area contributed by atoms with Crippen molar-refractivity contribution in [2.45, 2.75) is 26.4 Å². The van der Waals surface area contributed by atoms with Gasteiger partial charge in [-0.25, -0.2) is 19.8 Å². The lowest BCUT2D eigenvalue weighted by atomic mass is 10.1. The van der Waals surface area contributed by atoms with E-state index in [1.807, 2.05) is 0 Å². The topological polar surface area (TPSA) is 136 Å². The Kier molecular flexibility index (Phi) is 5.68. The zero-order valence-corrected chi connectivity index (χ0v) is 14.9. The standard InChI is InChI=1S/C18H17N3O7/c1-2-26-18(25)19-11-3-4-12-10(7-16(23)28-14(12)8-11)9-27-17(24)13-5-6-15(22)21-20-13/h3-4,7-8H,2,5-6,9H2,1H3,(H,19,25)(H,21,22). The van der Waals surface area contributed by atoms with Crippen molar-refractivity contribution in [2.75, 3.05) is 11.9 Å². The summed E-state index contributed by atoms with van der Waals surface area (Å²) >= 11 is 0. The summed E-state index contributed by atoms with van der Waals surface area (Å²) in [6, 6.07) is 5.92. The van der Waals surface area contributed by atoms with Crippen molar-refractivity contribution in [2.24, 2.45) is 5.10 Å². The molecule has 0 saturated carbocycles. The van der Waals surface area contributed by atoms with Gasteiger partial charge in [0.2, 0.25) is 5.91 Å². The average molecular weight is 387 g/mol. The number of rotatable bonds is 5. The van der Waals surface area contributed by atoms with Crippen LogP contribution in [0.3, 0.4) is 0 Å². The molecule has 0 saturated heterocycles. The summed E-state index contributed by atoms with van der Waals surface area (Å²) in [5, 5.41) is 6.72. The highest BCUT2D eigenvalue weighted by Gasteiger charge is 2.20. The number of nitrogens with one attached hydrogen (secondary N) is 2. The second-order valence-corrected chi connectivity index (χ2v) is 5.82. The van der Waals surface area contributed by atoms with Crippen molar-refractivity contribution >= 4 is 40.3 Å². The number of hydrazone groups is 1. The summed E-state index contributed by atoms with van der Waals surface area (Å²) in [6.45, 7) is 1.72. The zero-order valence-electron chi connectivity index (χ0n) is 14.9. The van der Waals surface area contributed by atoms with E-state index in [2.05, 4.69) is 15.8 Å². The molecule has 2 amide bonds. The van der Waals surface area contributed by atoms with Crippen LogP contribution < -0.4 is 16.4 Å². The Morgan fingerprint density at radius 1 is 1.21 bits per heavy atom. The third kappa shape index (κ3) is 4.53. The van der Waals surface area contributed by atoms with E-state index in [1.54, 1.807) is 19.1 Å². The van der Waals surface area contributed by atoms with Crippen LogP contribution in [-0.4, -0.2) is 30.3 Å². The minimum Gasteiger partial charge on any atom is -0.456 e. The molecule has 0 bridgehead atoms. The minimum atomic E-state index is -0.679. The fourth-order valence-electron chi connectivity index (χ4n) is 2.56. The van der Waals surface area contributed by atoms with Crippen LogP contribution in [0.4, 0.5) is 10.5 Å². The molecule has 2 aromatic rings. The van der Waals surface area contributed by atoms with Crippen LogP contribution in [0.15, 0.2) is 38.6 Å². The lowest BCUT2D eigenvalue weighted by Gasteiger charge is -2.12. The number of carbonyl (C=O) groups is 3. The Hall–Kier alpha value is -3.69. The molecule has 2 N–H and O–H groups in total. The molecule has 1 aliphatic heterocycles. The molecule has 10 nitrogen and oxygen atoms in total. The molecule has 3 rings (SSSR count). The first-order chi connectivity index (χ1) is 13.5. The van der Waals surface area contributed by atoms with Crippen molar-refractivity contribution in [3.63, 3.8) is 0 Å². The second-order valence-electron chi connectivity index (χ2n) is 5.82. The molecule has 0 spiro atoms. The number of hydrogen-bond donors (Lipinski definition) is 2. The summed E-state index contributed by atoms with van der Waals surface area (Å²) in [7, 11) is 0. The Morgan fingerprint density at radius 2 is 2.04 bits per heavy atom. The molecule has 0 aliphatic carbocycles. The van der Waals surface area contributed by atoms with Gasteiger partial charge in [0, 0.05) is 41.6 Å². The van der Waals surface area contributed by atoms with Crippen molar-refractivity contribution in [1.29, 1.82) is 0 Å². The molecule has 28 heavy (non-hydrogen) atoms. The first kappa shape index (κ1) is 19.1. The van der Waals surface area contributed by atoms with Crippen molar-refractivity contribution in [3.05, 3.63) is 40.2 Å². The Bertz CT molecular complexity index is 1030.